The van der Waals surface area contributed by atoms with Crippen molar-refractivity contribution in [2.45, 2.75) is 55.5 Å². The van der Waals surface area contributed by atoms with Gasteiger partial charge in [0.2, 0.25) is 10.0 Å². The maximum Gasteiger partial charge on any atom is 0.407 e. The van der Waals surface area contributed by atoms with Crippen molar-refractivity contribution in [3.63, 3.8) is 0 Å². The van der Waals surface area contributed by atoms with Gasteiger partial charge >= 0.3 is 6.09 Å². The van der Waals surface area contributed by atoms with Crippen LogP contribution in [0.3, 0.4) is 0 Å². The number of ether oxygens (including phenoxy) is 1. The highest BCUT2D eigenvalue weighted by molar-refractivity contribution is 9.08. The molecule has 1 atom stereocenters. The Morgan fingerprint density at radius 1 is 1.32 bits per heavy atom. The first-order valence-electron chi connectivity index (χ1n) is 8.26. The summed E-state index contributed by atoms with van der Waals surface area (Å²) in [6, 6.07) is 6.58. The molecule has 0 unspecified atom stereocenters. The lowest BCUT2D eigenvalue weighted by Gasteiger charge is -2.32. The van der Waals surface area contributed by atoms with Gasteiger partial charge < -0.3 is 10.1 Å². The molecule has 1 amide bonds. The molecule has 1 fully saturated rings. The number of nitrogens with zero attached hydrogens (tertiary/aromatic N) is 1. The maximum absolute atomic E-state index is 12.8. The Balaban J connectivity index is 2.05. The third-order valence-corrected chi connectivity index (χ3v) is 6.35. The van der Waals surface area contributed by atoms with Crippen molar-refractivity contribution in [3.8, 4) is 0 Å². The van der Waals surface area contributed by atoms with E-state index in [1.54, 1.807) is 45.0 Å². The lowest BCUT2D eigenvalue weighted by molar-refractivity contribution is 0.0487. The molecule has 0 aliphatic carbocycles. The standard InChI is InChI=1S/C17H25BrN2O4S/c1-17(2,3)24-16(21)19-14-5-4-10-20(12-14)25(22,23)15-8-6-13(11-18)7-9-15/h6-9,14H,4-5,10-12H2,1-3H3,(H,19,21)/t14-/m0/s1. The number of nitrogens with one attached hydrogen (secondary N) is 1. The van der Waals surface area contributed by atoms with Gasteiger partial charge in [0.05, 0.1) is 4.90 Å². The van der Waals surface area contributed by atoms with Crippen LogP contribution in [0, 0.1) is 0 Å². The summed E-state index contributed by atoms with van der Waals surface area (Å²) in [6.07, 6.45) is 0.908. The third kappa shape index (κ3) is 5.69. The summed E-state index contributed by atoms with van der Waals surface area (Å²) in [5.74, 6) is 0. The minimum absolute atomic E-state index is 0.250. The Morgan fingerprint density at radius 2 is 1.96 bits per heavy atom. The fraction of sp³-hybridized carbons (Fsp3) is 0.588. The zero-order chi connectivity index (χ0) is 18.7. The number of sulfonamides is 1. The van der Waals surface area contributed by atoms with Gasteiger partial charge in [-0.15, -0.1) is 0 Å². The average molecular weight is 433 g/mol. The van der Waals surface area contributed by atoms with Gasteiger partial charge in [-0.05, 0) is 51.3 Å². The van der Waals surface area contributed by atoms with Crippen LogP contribution in [-0.2, 0) is 20.1 Å². The molecule has 1 N–H and O–H groups in total. The summed E-state index contributed by atoms with van der Waals surface area (Å²) >= 11 is 3.35. The van der Waals surface area contributed by atoms with Crippen LogP contribution in [0.15, 0.2) is 29.2 Å². The zero-order valence-corrected chi connectivity index (χ0v) is 17.2. The molecule has 140 valence electrons. The quantitative estimate of drug-likeness (QED) is 0.740. The fourth-order valence-corrected chi connectivity index (χ4v) is 4.55. The van der Waals surface area contributed by atoms with E-state index in [9.17, 15) is 13.2 Å². The van der Waals surface area contributed by atoms with Crippen LogP contribution in [0.25, 0.3) is 0 Å². The Labute approximate surface area is 158 Å². The Hall–Kier alpha value is -1.12. The van der Waals surface area contributed by atoms with E-state index in [0.29, 0.717) is 18.3 Å². The summed E-state index contributed by atoms with van der Waals surface area (Å²) < 4.78 is 32.3. The summed E-state index contributed by atoms with van der Waals surface area (Å²) in [6.45, 7) is 6.08. The van der Waals surface area contributed by atoms with Gasteiger partial charge in [0, 0.05) is 24.5 Å². The van der Waals surface area contributed by atoms with Crippen molar-refractivity contribution in [1.82, 2.24) is 9.62 Å². The third-order valence-electron chi connectivity index (χ3n) is 3.82. The molecule has 0 spiro atoms. The van der Waals surface area contributed by atoms with Gasteiger partial charge in [-0.25, -0.2) is 13.2 Å². The van der Waals surface area contributed by atoms with Crippen LogP contribution < -0.4 is 5.32 Å². The smallest absolute Gasteiger partial charge is 0.407 e. The molecule has 1 aromatic rings. The number of benzene rings is 1. The molecule has 8 heteroatoms. The maximum atomic E-state index is 12.8. The Kier molecular flexibility index (Phi) is 6.51. The zero-order valence-electron chi connectivity index (χ0n) is 14.8. The van der Waals surface area contributed by atoms with Crippen LogP contribution >= 0.6 is 15.9 Å². The van der Waals surface area contributed by atoms with E-state index in [-0.39, 0.29) is 17.5 Å². The van der Waals surface area contributed by atoms with E-state index in [1.807, 2.05) is 0 Å². The number of rotatable bonds is 4. The molecule has 6 nitrogen and oxygen atoms in total. The number of piperidine rings is 1. The van der Waals surface area contributed by atoms with Gasteiger partial charge in [0.1, 0.15) is 5.60 Å². The average Bonchev–Trinajstić information content (AvgIpc) is 2.53. The van der Waals surface area contributed by atoms with Gasteiger partial charge in [0.25, 0.3) is 0 Å². The minimum atomic E-state index is -3.56. The van der Waals surface area contributed by atoms with Crippen LogP contribution in [-0.4, -0.2) is 43.5 Å². The molecule has 2 rings (SSSR count). The molecule has 0 radical (unpaired) electrons. The molecule has 1 aliphatic heterocycles. The van der Waals surface area contributed by atoms with Crippen molar-refractivity contribution in [2.24, 2.45) is 0 Å². The van der Waals surface area contributed by atoms with E-state index < -0.39 is 21.7 Å². The van der Waals surface area contributed by atoms with Gasteiger partial charge in [-0.2, -0.15) is 4.31 Å². The second-order valence-electron chi connectivity index (χ2n) is 7.13. The van der Waals surface area contributed by atoms with Crippen molar-refractivity contribution in [1.29, 1.82) is 0 Å². The number of halogens is 1. The second kappa shape index (κ2) is 8.05. The lowest BCUT2D eigenvalue weighted by atomic mass is 10.1. The molecule has 0 saturated carbocycles. The normalized spacial score (nSPS) is 19.4. The molecule has 1 heterocycles. The van der Waals surface area contributed by atoms with Crippen LogP contribution in [0.2, 0.25) is 0 Å². The highest BCUT2D eigenvalue weighted by Gasteiger charge is 2.31. The number of amides is 1. The van der Waals surface area contributed by atoms with E-state index >= 15 is 0 Å². The summed E-state index contributed by atoms with van der Waals surface area (Å²) in [4.78, 5) is 12.2. The Bertz CT molecular complexity index is 698. The van der Waals surface area contributed by atoms with Crippen LogP contribution in [0.4, 0.5) is 4.79 Å². The molecule has 1 aromatic carbocycles. The van der Waals surface area contributed by atoms with Gasteiger partial charge in [-0.1, -0.05) is 28.1 Å². The minimum Gasteiger partial charge on any atom is -0.444 e. The van der Waals surface area contributed by atoms with Crippen LogP contribution in [0.1, 0.15) is 39.2 Å². The molecule has 0 bridgehead atoms. The summed E-state index contributed by atoms with van der Waals surface area (Å²) in [5, 5.41) is 3.45. The van der Waals surface area contributed by atoms with Crippen molar-refractivity contribution in [3.05, 3.63) is 29.8 Å². The number of carbonyl (C=O) groups is 1. The van der Waals surface area contributed by atoms with E-state index in [0.717, 1.165) is 12.0 Å². The molecular formula is C17H25BrN2O4S. The predicted molar refractivity (Wildman–Crippen MR) is 100 cm³/mol. The highest BCUT2D eigenvalue weighted by Crippen LogP contribution is 2.22. The first-order valence-corrected chi connectivity index (χ1v) is 10.8. The largest absolute Gasteiger partial charge is 0.444 e. The van der Waals surface area contributed by atoms with Crippen molar-refractivity contribution < 1.29 is 17.9 Å². The molecule has 1 aliphatic rings. The number of hydrogen-bond donors (Lipinski definition) is 1. The second-order valence-corrected chi connectivity index (χ2v) is 9.62. The SMILES string of the molecule is CC(C)(C)OC(=O)N[C@H]1CCCN(S(=O)(=O)c2ccc(CBr)cc2)C1. The monoisotopic (exact) mass is 432 g/mol. The predicted octanol–water partition coefficient (Wildman–Crippen LogP) is 3.26. The first-order chi connectivity index (χ1) is 11.6. The van der Waals surface area contributed by atoms with Gasteiger partial charge in [-0.3, -0.25) is 0 Å². The topological polar surface area (TPSA) is 75.7 Å². The molecular weight excluding hydrogens is 408 g/mol. The van der Waals surface area contributed by atoms with E-state index in [2.05, 4.69) is 21.2 Å². The number of hydrogen-bond acceptors (Lipinski definition) is 4. The molecule has 1 saturated heterocycles. The number of carbonyl (C=O) groups excluding carboxylic acids is 1. The van der Waals surface area contributed by atoms with Crippen molar-refractivity contribution in [2.75, 3.05) is 13.1 Å². The summed E-state index contributed by atoms with van der Waals surface area (Å²) in [7, 11) is -3.56. The first kappa shape index (κ1) is 20.2. The fourth-order valence-electron chi connectivity index (χ4n) is 2.65. The van der Waals surface area contributed by atoms with E-state index in [1.165, 1.54) is 4.31 Å². The summed E-state index contributed by atoms with van der Waals surface area (Å²) in [5.41, 5.74) is 0.434. The number of alkyl halides is 1. The molecule has 25 heavy (non-hydrogen) atoms. The Morgan fingerprint density at radius 3 is 2.52 bits per heavy atom. The number of alkyl carbamates (subject to hydrolysis) is 1. The van der Waals surface area contributed by atoms with E-state index in [4.69, 9.17) is 4.74 Å². The van der Waals surface area contributed by atoms with Crippen LogP contribution in [0.5, 0.6) is 0 Å². The van der Waals surface area contributed by atoms with Crippen molar-refractivity contribution >= 4 is 32.0 Å². The molecule has 0 aromatic heterocycles. The van der Waals surface area contributed by atoms with Gasteiger partial charge in [0.15, 0.2) is 0 Å². The lowest BCUT2D eigenvalue weighted by Crippen LogP contribution is -2.50. The highest BCUT2D eigenvalue weighted by atomic mass is 79.9.